The van der Waals surface area contributed by atoms with E-state index in [1.54, 1.807) is 0 Å². The third-order valence-corrected chi connectivity index (χ3v) is 6.89. The molecule has 3 nitrogen and oxygen atoms in total. The highest BCUT2D eigenvalue weighted by Crippen LogP contribution is 2.53. The molecule has 0 aliphatic heterocycles. The summed E-state index contributed by atoms with van der Waals surface area (Å²) in [7, 11) is -4.12. The molecule has 0 bridgehead atoms. The molecule has 0 N–H and O–H groups in total. The van der Waals surface area contributed by atoms with Crippen molar-refractivity contribution in [2.75, 3.05) is 0 Å². The lowest BCUT2D eigenvalue weighted by Crippen LogP contribution is -2.55. The van der Waals surface area contributed by atoms with Gasteiger partial charge in [-0.15, -0.1) is 0 Å². The molecule has 0 aliphatic carbocycles. The molecule has 0 saturated carbocycles. The Balaban J connectivity index is 2.00. The molecular formula is C23H15F9O3S. The van der Waals surface area contributed by atoms with E-state index in [9.17, 15) is 47.9 Å². The molecule has 0 spiro atoms. The SMILES string of the molecule is O=S(=O)(Cc1ccc(C(OCc2c(F)cccc2F)(C(F)(F)F)C(F)(F)F)cc1)c1ccc(F)cc1. The van der Waals surface area contributed by atoms with Crippen LogP contribution in [0, 0.1) is 17.5 Å². The maximum atomic E-state index is 13.9. The Kier molecular flexibility index (Phi) is 7.47. The van der Waals surface area contributed by atoms with Gasteiger partial charge in [0.2, 0.25) is 0 Å². The first kappa shape index (κ1) is 27.5. The minimum absolute atomic E-state index is 0.179. The Hall–Kier alpha value is -3.06. The summed E-state index contributed by atoms with van der Waals surface area (Å²) >= 11 is 0. The van der Waals surface area contributed by atoms with Gasteiger partial charge >= 0.3 is 12.4 Å². The minimum Gasteiger partial charge on any atom is -0.349 e. The number of hydrogen-bond acceptors (Lipinski definition) is 3. The summed E-state index contributed by atoms with van der Waals surface area (Å²) in [5.74, 6) is -4.35. The van der Waals surface area contributed by atoms with Gasteiger partial charge in [-0.2, -0.15) is 26.3 Å². The van der Waals surface area contributed by atoms with Crippen LogP contribution in [-0.4, -0.2) is 20.8 Å². The van der Waals surface area contributed by atoms with Gasteiger partial charge < -0.3 is 4.74 Å². The van der Waals surface area contributed by atoms with Crippen molar-refractivity contribution in [3.05, 3.63) is 101 Å². The lowest BCUT2D eigenvalue weighted by Gasteiger charge is -2.37. The van der Waals surface area contributed by atoms with Crippen LogP contribution in [0.25, 0.3) is 0 Å². The highest BCUT2D eigenvalue weighted by atomic mass is 32.2. The molecule has 0 atom stereocenters. The lowest BCUT2D eigenvalue weighted by molar-refractivity contribution is -0.392. The van der Waals surface area contributed by atoms with Gasteiger partial charge in [0.1, 0.15) is 17.5 Å². The first-order valence-electron chi connectivity index (χ1n) is 9.86. The average molecular weight is 542 g/mol. The van der Waals surface area contributed by atoms with Gasteiger partial charge in [-0.3, -0.25) is 0 Å². The van der Waals surface area contributed by atoms with Gasteiger partial charge in [-0.05, 0) is 42.0 Å². The number of hydrogen-bond donors (Lipinski definition) is 0. The number of ether oxygens (including phenoxy) is 1. The summed E-state index contributed by atoms with van der Waals surface area (Å²) in [6.07, 6.45) is -12.3. The Morgan fingerprint density at radius 3 is 1.67 bits per heavy atom. The summed E-state index contributed by atoms with van der Waals surface area (Å²) in [6, 6.07) is 7.96. The van der Waals surface area contributed by atoms with Crippen molar-refractivity contribution >= 4 is 9.84 Å². The Labute approximate surface area is 199 Å². The quantitative estimate of drug-likeness (QED) is 0.249. The topological polar surface area (TPSA) is 43.4 Å². The predicted molar refractivity (Wildman–Crippen MR) is 109 cm³/mol. The van der Waals surface area contributed by atoms with E-state index in [1.165, 1.54) is 0 Å². The van der Waals surface area contributed by atoms with E-state index in [2.05, 4.69) is 4.74 Å². The fraction of sp³-hybridized carbons (Fsp3) is 0.217. The molecule has 3 aromatic rings. The number of benzene rings is 3. The minimum atomic E-state index is -6.13. The molecular weight excluding hydrogens is 527 g/mol. The third-order valence-electron chi connectivity index (χ3n) is 5.18. The molecule has 0 heterocycles. The van der Waals surface area contributed by atoms with Gasteiger partial charge in [-0.1, -0.05) is 30.3 Å². The van der Waals surface area contributed by atoms with Gasteiger partial charge in [0.25, 0.3) is 5.60 Å². The molecule has 13 heteroatoms. The van der Waals surface area contributed by atoms with Crippen molar-refractivity contribution in [2.45, 2.75) is 35.2 Å². The van der Waals surface area contributed by atoms with Crippen molar-refractivity contribution in [3.8, 4) is 0 Å². The van der Waals surface area contributed by atoms with Crippen molar-refractivity contribution in [1.29, 1.82) is 0 Å². The molecule has 0 amide bonds. The number of rotatable bonds is 7. The second-order valence-electron chi connectivity index (χ2n) is 7.58. The fourth-order valence-corrected chi connectivity index (χ4v) is 4.71. The first-order valence-corrected chi connectivity index (χ1v) is 11.5. The molecule has 0 saturated heterocycles. The Bertz CT molecular complexity index is 1280. The zero-order chi connectivity index (χ0) is 26.9. The maximum Gasteiger partial charge on any atom is 0.430 e. The molecule has 0 unspecified atom stereocenters. The van der Waals surface area contributed by atoms with Gasteiger partial charge in [0, 0.05) is 11.1 Å². The molecule has 0 aliphatic rings. The van der Waals surface area contributed by atoms with E-state index in [0.29, 0.717) is 24.3 Å². The van der Waals surface area contributed by atoms with Gasteiger partial charge in [0.15, 0.2) is 9.84 Å². The smallest absolute Gasteiger partial charge is 0.349 e. The molecule has 3 aromatic carbocycles. The Morgan fingerprint density at radius 1 is 0.694 bits per heavy atom. The monoisotopic (exact) mass is 542 g/mol. The van der Waals surface area contributed by atoms with E-state index in [1.807, 2.05) is 0 Å². The maximum absolute atomic E-state index is 13.9. The Morgan fingerprint density at radius 2 is 1.19 bits per heavy atom. The zero-order valence-electron chi connectivity index (χ0n) is 17.8. The summed E-state index contributed by atoms with van der Waals surface area (Å²) in [5.41, 5.74) is -7.79. The normalized spacial score (nSPS) is 13.1. The summed E-state index contributed by atoms with van der Waals surface area (Å²) < 4.78 is 153. The fourth-order valence-electron chi connectivity index (χ4n) is 3.37. The highest BCUT2D eigenvalue weighted by Gasteiger charge is 2.73. The largest absolute Gasteiger partial charge is 0.430 e. The van der Waals surface area contributed by atoms with Crippen molar-refractivity contribution in [1.82, 2.24) is 0 Å². The molecule has 0 radical (unpaired) electrons. The van der Waals surface area contributed by atoms with E-state index < -0.39 is 68.7 Å². The molecule has 194 valence electrons. The average Bonchev–Trinajstić information content (AvgIpc) is 2.75. The standard InChI is InChI=1S/C23H15F9O3S/c24-16-8-10-17(11-9-16)36(33,34)13-14-4-6-15(7-5-14)21(22(27,28)29,23(30,31)32)35-12-18-19(25)2-1-3-20(18)26/h1-11H,12-13H2. The number of sulfone groups is 1. The second kappa shape index (κ2) is 9.77. The van der Waals surface area contributed by atoms with Crippen LogP contribution < -0.4 is 0 Å². The number of halogens is 9. The van der Waals surface area contributed by atoms with Crippen LogP contribution in [0.15, 0.2) is 71.6 Å². The van der Waals surface area contributed by atoms with E-state index in [4.69, 9.17) is 0 Å². The first-order chi connectivity index (χ1) is 16.6. The molecule has 0 aromatic heterocycles. The zero-order valence-corrected chi connectivity index (χ0v) is 18.6. The van der Waals surface area contributed by atoms with Gasteiger partial charge in [-0.25, -0.2) is 21.6 Å². The van der Waals surface area contributed by atoms with E-state index in [-0.39, 0.29) is 10.5 Å². The summed E-state index contributed by atoms with van der Waals surface area (Å²) in [4.78, 5) is -0.317. The van der Waals surface area contributed by atoms with Crippen LogP contribution >= 0.6 is 0 Å². The molecule has 36 heavy (non-hydrogen) atoms. The molecule has 3 rings (SSSR count). The third kappa shape index (κ3) is 5.36. The van der Waals surface area contributed by atoms with E-state index in [0.717, 1.165) is 42.5 Å². The van der Waals surface area contributed by atoms with Crippen molar-refractivity contribution in [3.63, 3.8) is 0 Å². The van der Waals surface area contributed by atoms with Crippen LogP contribution in [0.4, 0.5) is 39.5 Å². The van der Waals surface area contributed by atoms with Crippen molar-refractivity contribution in [2.24, 2.45) is 0 Å². The molecule has 0 fully saturated rings. The highest BCUT2D eigenvalue weighted by molar-refractivity contribution is 7.90. The number of alkyl halides is 6. The summed E-state index contributed by atoms with van der Waals surface area (Å²) in [5, 5.41) is 0. The van der Waals surface area contributed by atoms with Crippen LogP contribution in [0.5, 0.6) is 0 Å². The predicted octanol–water partition coefficient (Wildman–Crippen LogP) is 6.61. The lowest BCUT2D eigenvalue weighted by atomic mass is 9.91. The van der Waals surface area contributed by atoms with Gasteiger partial charge in [0.05, 0.1) is 17.3 Å². The van der Waals surface area contributed by atoms with Crippen LogP contribution in [0.2, 0.25) is 0 Å². The second-order valence-corrected chi connectivity index (χ2v) is 9.57. The van der Waals surface area contributed by atoms with E-state index >= 15 is 0 Å². The van der Waals surface area contributed by atoms with Crippen LogP contribution in [0.1, 0.15) is 16.7 Å². The van der Waals surface area contributed by atoms with Crippen molar-refractivity contribution < 1.29 is 52.7 Å². The van der Waals surface area contributed by atoms with Crippen LogP contribution in [-0.2, 0) is 32.5 Å². The summed E-state index contributed by atoms with van der Waals surface area (Å²) in [6.45, 7) is -1.71. The van der Waals surface area contributed by atoms with Crippen LogP contribution in [0.3, 0.4) is 0 Å².